The van der Waals surface area contributed by atoms with Crippen molar-refractivity contribution in [1.29, 1.82) is 0 Å². The molecule has 214 valence electrons. The van der Waals surface area contributed by atoms with Crippen molar-refractivity contribution in [1.82, 2.24) is 0 Å². The molecule has 2 unspecified atom stereocenters. The predicted molar refractivity (Wildman–Crippen MR) is 156 cm³/mol. The molecule has 0 spiro atoms. The molecule has 1 heterocycles. The second-order valence-electron chi connectivity index (χ2n) is 11.4. The molecular weight excluding hydrogens is 506 g/mol. The molecule has 40 heavy (non-hydrogen) atoms. The second-order valence-corrected chi connectivity index (χ2v) is 11.4. The Bertz CT molecular complexity index is 1210. The van der Waals surface area contributed by atoms with Gasteiger partial charge in [0.15, 0.2) is 11.5 Å². The molecule has 3 aromatic rings. The number of ether oxygens (including phenoxy) is 3. The van der Waals surface area contributed by atoms with Crippen molar-refractivity contribution in [3.63, 3.8) is 0 Å². The molecule has 0 aromatic heterocycles. The second kappa shape index (κ2) is 13.6. The number of hydrogen-bond acceptors (Lipinski definition) is 3. The first kappa shape index (κ1) is 28.6. The Kier molecular flexibility index (Phi) is 9.74. The monoisotopic (exact) mass is 548 g/mol. The summed E-state index contributed by atoms with van der Waals surface area (Å²) in [5, 5.41) is 0. The minimum Gasteiger partial charge on any atom is -0.491 e. The van der Waals surface area contributed by atoms with Gasteiger partial charge in [0, 0.05) is 0 Å². The first-order chi connectivity index (χ1) is 19.6. The molecule has 5 rings (SSSR count). The average Bonchev–Trinajstić information content (AvgIpc) is 3.00. The maximum absolute atomic E-state index is 14.3. The SMILES string of the molecule is CCCC1CCC(C2CCC(c3ccc(-c4ccc(COc5ccc(OCC)c(F)c5F)cc4)cc3)CC2)CO1. The first-order valence-electron chi connectivity index (χ1n) is 15.1. The number of halogens is 2. The highest BCUT2D eigenvalue weighted by molar-refractivity contribution is 5.64. The number of benzene rings is 3. The summed E-state index contributed by atoms with van der Waals surface area (Å²) in [5.74, 6) is -0.0514. The van der Waals surface area contributed by atoms with Crippen molar-refractivity contribution >= 4 is 0 Å². The van der Waals surface area contributed by atoms with E-state index in [-0.39, 0.29) is 24.7 Å². The van der Waals surface area contributed by atoms with E-state index >= 15 is 0 Å². The Balaban J connectivity index is 1.11. The molecule has 1 aliphatic carbocycles. The smallest absolute Gasteiger partial charge is 0.204 e. The van der Waals surface area contributed by atoms with E-state index in [1.165, 1.54) is 74.6 Å². The molecule has 1 saturated carbocycles. The zero-order valence-corrected chi connectivity index (χ0v) is 23.8. The van der Waals surface area contributed by atoms with Crippen molar-refractivity contribution < 1.29 is 23.0 Å². The zero-order valence-electron chi connectivity index (χ0n) is 23.8. The van der Waals surface area contributed by atoms with E-state index in [9.17, 15) is 8.78 Å². The Labute approximate surface area is 237 Å². The molecule has 5 heteroatoms. The molecule has 0 radical (unpaired) electrons. The minimum absolute atomic E-state index is 0.106. The molecule has 2 aliphatic rings. The lowest BCUT2D eigenvalue weighted by molar-refractivity contribution is -0.0408. The van der Waals surface area contributed by atoms with Crippen molar-refractivity contribution in [3.05, 3.63) is 83.4 Å². The van der Waals surface area contributed by atoms with Crippen LogP contribution in [0.3, 0.4) is 0 Å². The third-order valence-electron chi connectivity index (χ3n) is 8.83. The molecule has 0 amide bonds. The van der Waals surface area contributed by atoms with Crippen LogP contribution in [0.15, 0.2) is 60.7 Å². The molecule has 0 bridgehead atoms. The maximum atomic E-state index is 14.3. The molecule has 0 N–H and O–H groups in total. The molecule has 1 aliphatic heterocycles. The average molecular weight is 549 g/mol. The van der Waals surface area contributed by atoms with E-state index in [0.717, 1.165) is 29.6 Å². The van der Waals surface area contributed by atoms with E-state index < -0.39 is 11.6 Å². The predicted octanol–water partition coefficient (Wildman–Crippen LogP) is 9.48. The highest BCUT2D eigenvalue weighted by atomic mass is 19.2. The molecule has 1 saturated heterocycles. The third-order valence-corrected chi connectivity index (χ3v) is 8.83. The van der Waals surface area contributed by atoms with Crippen LogP contribution < -0.4 is 9.47 Å². The Morgan fingerprint density at radius 3 is 1.88 bits per heavy atom. The summed E-state index contributed by atoms with van der Waals surface area (Å²) in [6.45, 7) is 5.36. The minimum atomic E-state index is -1.03. The van der Waals surface area contributed by atoms with E-state index in [1.807, 2.05) is 24.3 Å². The van der Waals surface area contributed by atoms with Crippen LogP contribution in [-0.4, -0.2) is 19.3 Å². The molecule has 3 nitrogen and oxygen atoms in total. The molecule has 3 aromatic carbocycles. The van der Waals surface area contributed by atoms with Gasteiger partial charge in [0.2, 0.25) is 11.6 Å². The van der Waals surface area contributed by atoms with Crippen molar-refractivity contribution in [2.24, 2.45) is 11.8 Å². The summed E-state index contributed by atoms with van der Waals surface area (Å²) >= 11 is 0. The van der Waals surface area contributed by atoms with Crippen molar-refractivity contribution in [3.8, 4) is 22.6 Å². The van der Waals surface area contributed by atoms with Crippen LogP contribution in [0.2, 0.25) is 0 Å². The molecular formula is C35H42F2O3. The lowest BCUT2D eigenvalue weighted by Gasteiger charge is -2.38. The van der Waals surface area contributed by atoms with E-state index in [2.05, 4.69) is 31.2 Å². The molecule has 2 fully saturated rings. The summed E-state index contributed by atoms with van der Waals surface area (Å²) in [6.07, 6.45) is 10.7. The fourth-order valence-electron chi connectivity index (χ4n) is 6.47. The summed E-state index contributed by atoms with van der Waals surface area (Å²) in [7, 11) is 0. The first-order valence-corrected chi connectivity index (χ1v) is 15.1. The lowest BCUT2D eigenvalue weighted by atomic mass is 9.72. The van der Waals surface area contributed by atoms with Crippen molar-refractivity contribution in [2.45, 2.75) is 83.8 Å². The largest absolute Gasteiger partial charge is 0.491 e. The quantitative estimate of drug-likeness (QED) is 0.253. The van der Waals surface area contributed by atoms with Crippen LogP contribution in [0.25, 0.3) is 11.1 Å². The van der Waals surface area contributed by atoms with Gasteiger partial charge in [0.25, 0.3) is 0 Å². The highest BCUT2D eigenvalue weighted by Crippen LogP contribution is 2.42. The van der Waals surface area contributed by atoms with Gasteiger partial charge in [-0.05, 0) is 104 Å². The summed E-state index contributed by atoms with van der Waals surface area (Å²) in [5.41, 5.74) is 4.62. The number of rotatable bonds is 10. The number of hydrogen-bond donors (Lipinski definition) is 0. The van der Waals surface area contributed by atoms with Crippen LogP contribution in [0, 0.1) is 23.5 Å². The van der Waals surface area contributed by atoms with Crippen LogP contribution in [-0.2, 0) is 11.3 Å². The Morgan fingerprint density at radius 1 is 0.700 bits per heavy atom. The fraction of sp³-hybridized carbons (Fsp3) is 0.486. The topological polar surface area (TPSA) is 27.7 Å². The van der Waals surface area contributed by atoms with Crippen LogP contribution in [0.1, 0.15) is 82.3 Å². The van der Waals surface area contributed by atoms with Crippen LogP contribution >= 0.6 is 0 Å². The van der Waals surface area contributed by atoms with Gasteiger partial charge in [0.1, 0.15) is 6.61 Å². The Morgan fingerprint density at radius 2 is 1.30 bits per heavy atom. The van der Waals surface area contributed by atoms with Gasteiger partial charge in [-0.1, -0.05) is 61.9 Å². The standard InChI is InChI=1S/C35H42F2O3/c1-3-5-31-19-18-30(23-39-31)29-16-14-28(15-17-29)27-12-10-26(11-13-27)25-8-6-24(7-9-25)22-40-33-21-20-32(38-4-2)34(36)35(33)37/h6-13,20-21,28-31H,3-5,14-19,22-23H2,1-2H3. The van der Waals surface area contributed by atoms with Gasteiger partial charge < -0.3 is 14.2 Å². The molecule has 2 atom stereocenters. The van der Waals surface area contributed by atoms with Gasteiger partial charge >= 0.3 is 0 Å². The van der Waals surface area contributed by atoms with Gasteiger partial charge in [-0.15, -0.1) is 0 Å². The van der Waals surface area contributed by atoms with Gasteiger partial charge in [0.05, 0.1) is 19.3 Å². The van der Waals surface area contributed by atoms with Crippen LogP contribution in [0.4, 0.5) is 8.78 Å². The van der Waals surface area contributed by atoms with Crippen molar-refractivity contribution in [2.75, 3.05) is 13.2 Å². The normalized spacial score (nSPS) is 23.1. The zero-order chi connectivity index (χ0) is 27.9. The third kappa shape index (κ3) is 6.86. The van der Waals surface area contributed by atoms with Crippen LogP contribution in [0.5, 0.6) is 11.5 Å². The highest BCUT2D eigenvalue weighted by Gasteiger charge is 2.31. The van der Waals surface area contributed by atoms with Gasteiger partial charge in [-0.25, -0.2) is 0 Å². The van der Waals surface area contributed by atoms with Gasteiger partial charge in [-0.2, -0.15) is 8.78 Å². The van der Waals surface area contributed by atoms with Gasteiger partial charge in [-0.3, -0.25) is 0 Å². The summed E-state index contributed by atoms with van der Waals surface area (Å²) in [6, 6.07) is 19.8. The maximum Gasteiger partial charge on any atom is 0.204 e. The van der Waals surface area contributed by atoms with E-state index in [0.29, 0.717) is 12.0 Å². The van der Waals surface area contributed by atoms with E-state index in [4.69, 9.17) is 14.2 Å². The lowest BCUT2D eigenvalue weighted by Crippen LogP contribution is -2.32. The summed E-state index contributed by atoms with van der Waals surface area (Å²) in [4.78, 5) is 0. The van der Waals surface area contributed by atoms with E-state index in [1.54, 1.807) is 6.92 Å². The fourth-order valence-corrected chi connectivity index (χ4v) is 6.47. The Hall–Kier alpha value is -2.92. The summed E-state index contributed by atoms with van der Waals surface area (Å²) < 4.78 is 45.2.